The summed E-state index contributed by atoms with van der Waals surface area (Å²) in [5.74, 6) is -0.170. The average Bonchev–Trinajstić information content (AvgIpc) is 2.38. The molecule has 104 valence electrons. The molecule has 5 heteroatoms. The molecule has 0 aromatic heterocycles. The number of amides is 1. The number of piperidine rings is 1. The first-order valence-corrected chi connectivity index (χ1v) is 6.24. The molecule has 0 aliphatic carbocycles. The lowest BCUT2D eigenvalue weighted by atomic mass is 10.0. The van der Waals surface area contributed by atoms with E-state index in [0.717, 1.165) is 19.4 Å². The van der Waals surface area contributed by atoms with Crippen LogP contribution in [0.4, 0.5) is 0 Å². The summed E-state index contributed by atoms with van der Waals surface area (Å²) in [6.07, 6.45) is 1.88. The van der Waals surface area contributed by atoms with Crippen LogP contribution in [0.25, 0.3) is 0 Å². The first kappa shape index (κ1) is 15.7. The summed E-state index contributed by atoms with van der Waals surface area (Å²) in [6, 6.07) is 7.00. The molecule has 2 rings (SSSR count). The van der Waals surface area contributed by atoms with Crippen molar-refractivity contribution in [3.63, 3.8) is 0 Å². The van der Waals surface area contributed by atoms with Crippen molar-refractivity contribution < 1.29 is 9.59 Å². The van der Waals surface area contributed by atoms with Gasteiger partial charge in [-0.15, -0.1) is 12.4 Å². The van der Waals surface area contributed by atoms with E-state index in [-0.39, 0.29) is 30.1 Å². The fourth-order valence-electron chi connectivity index (χ4n) is 2.34. The van der Waals surface area contributed by atoms with Crippen LogP contribution in [-0.2, 0) is 0 Å². The molecule has 1 heterocycles. The van der Waals surface area contributed by atoms with E-state index in [2.05, 4.69) is 0 Å². The number of likely N-dealkylation sites (tertiary alicyclic amines) is 1. The maximum Gasteiger partial charge on any atom is 0.254 e. The van der Waals surface area contributed by atoms with Crippen LogP contribution >= 0.6 is 12.4 Å². The van der Waals surface area contributed by atoms with Gasteiger partial charge in [0.05, 0.1) is 5.56 Å². The highest BCUT2D eigenvalue weighted by molar-refractivity contribution is 6.07. The highest BCUT2D eigenvalue weighted by Crippen LogP contribution is 2.16. The van der Waals surface area contributed by atoms with Crippen LogP contribution in [0.1, 0.15) is 40.5 Å². The fraction of sp³-hybridized carbons (Fsp3) is 0.429. The summed E-state index contributed by atoms with van der Waals surface area (Å²) in [4.78, 5) is 25.7. The molecule has 1 fully saturated rings. The Labute approximate surface area is 119 Å². The van der Waals surface area contributed by atoms with Crippen LogP contribution in [0, 0.1) is 0 Å². The Morgan fingerprint density at radius 3 is 2.47 bits per heavy atom. The van der Waals surface area contributed by atoms with Crippen molar-refractivity contribution in [1.29, 1.82) is 0 Å². The van der Waals surface area contributed by atoms with Crippen molar-refractivity contribution in [3.8, 4) is 0 Å². The zero-order valence-electron chi connectivity index (χ0n) is 11.0. The lowest BCUT2D eigenvalue weighted by Crippen LogP contribution is -2.46. The first-order valence-electron chi connectivity index (χ1n) is 6.24. The third kappa shape index (κ3) is 3.55. The zero-order valence-corrected chi connectivity index (χ0v) is 11.8. The van der Waals surface area contributed by atoms with Crippen LogP contribution in [0.2, 0.25) is 0 Å². The minimum absolute atomic E-state index is 0. The molecule has 0 bridgehead atoms. The van der Waals surface area contributed by atoms with Gasteiger partial charge >= 0.3 is 0 Å². The molecular weight excluding hydrogens is 264 g/mol. The quantitative estimate of drug-likeness (QED) is 0.843. The molecule has 1 atom stereocenters. The van der Waals surface area contributed by atoms with E-state index in [0.29, 0.717) is 17.7 Å². The number of rotatable bonds is 2. The molecule has 1 aliphatic rings. The second-order valence-electron chi connectivity index (χ2n) is 4.76. The Hall–Kier alpha value is -1.39. The maximum atomic E-state index is 12.4. The molecule has 1 amide bonds. The van der Waals surface area contributed by atoms with Gasteiger partial charge in [0, 0.05) is 24.7 Å². The SMILES string of the molecule is CC(=O)c1ccccc1C(=O)N1CCCC(N)C1.Cl. The van der Waals surface area contributed by atoms with Crippen molar-refractivity contribution in [2.45, 2.75) is 25.8 Å². The monoisotopic (exact) mass is 282 g/mol. The Kier molecular flexibility index (Phi) is 5.51. The van der Waals surface area contributed by atoms with Crippen molar-refractivity contribution in [3.05, 3.63) is 35.4 Å². The molecule has 2 N–H and O–H groups in total. The second-order valence-corrected chi connectivity index (χ2v) is 4.76. The molecule has 1 aromatic carbocycles. The van der Waals surface area contributed by atoms with Crippen LogP contribution in [0.3, 0.4) is 0 Å². The second kappa shape index (κ2) is 6.68. The number of benzene rings is 1. The van der Waals surface area contributed by atoms with Crippen molar-refractivity contribution in [2.75, 3.05) is 13.1 Å². The van der Waals surface area contributed by atoms with Gasteiger partial charge in [-0.05, 0) is 25.8 Å². The molecule has 1 saturated heterocycles. The number of carbonyl (C=O) groups excluding carboxylic acids is 2. The number of hydrogen-bond acceptors (Lipinski definition) is 3. The molecule has 0 spiro atoms. The van der Waals surface area contributed by atoms with Gasteiger partial charge < -0.3 is 10.6 Å². The largest absolute Gasteiger partial charge is 0.337 e. The Balaban J connectivity index is 0.00000180. The summed E-state index contributed by atoms with van der Waals surface area (Å²) in [6.45, 7) is 2.78. The zero-order chi connectivity index (χ0) is 13.1. The third-order valence-electron chi connectivity index (χ3n) is 3.28. The van der Waals surface area contributed by atoms with Gasteiger partial charge in [-0.25, -0.2) is 0 Å². The average molecular weight is 283 g/mol. The van der Waals surface area contributed by atoms with Gasteiger partial charge in [0.2, 0.25) is 0 Å². The summed E-state index contributed by atoms with van der Waals surface area (Å²) in [7, 11) is 0. The van der Waals surface area contributed by atoms with E-state index in [1.807, 2.05) is 0 Å². The standard InChI is InChI=1S/C14H18N2O2.ClH/c1-10(17)12-6-2-3-7-13(12)14(18)16-8-4-5-11(15)9-16;/h2-3,6-7,11H,4-5,8-9,15H2,1H3;1H. The predicted octanol–water partition coefficient (Wildman–Crippen LogP) is 1.87. The van der Waals surface area contributed by atoms with Gasteiger partial charge in [0.25, 0.3) is 5.91 Å². The molecule has 1 aliphatic heterocycles. The van der Waals surface area contributed by atoms with Gasteiger partial charge in [-0.3, -0.25) is 9.59 Å². The van der Waals surface area contributed by atoms with Crippen LogP contribution in [0.15, 0.2) is 24.3 Å². The van der Waals surface area contributed by atoms with E-state index in [1.54, 1.807) is 29.2 Å². The van der Waals surface area contributed by atoms with Gasteiger partial charge in [-0.2, -0.15) is 0 Å². The summed E-state index contributed by atoms with van der Waals surface area (Å²) >= 11 is 0. The third-order valence-corrected chi connectivity index (χ3v) is 3.28. The highest BCUT2D eigenvalue weighted by atomic mass is 35.5. The number of Topliss-reactive ketones (excluding diaryl/α,β-unsaturated/α-hetero) is 1. The summed E-state index contributed by atoms with van der Waals surface area (Å²) in [5, 5.41) is 0. The van der Waals surface area contributed by atoms with Crippen molar-refractivity contribution in [1.82, 2.24) is 4.90 Å². The van der Waals surface area contributed by atoms with Gasteiger partial charge in [-0.1, -0.05) is 18.2 Å². The van der Waals surface area contributed by atoms with Crippen molar-refractivity contribution >= 4 is 24.1 Å². The summed E-state index contributed by atoms with van der Waals surface area (Å²) in [5.41, 5.74) is 6.85. The number of carbonyl (C=O) groups is 2. The molecule has 1 aromatic rings. The number of halogens is 1. The topological polar surface area (TPSA) is 63.4 Å². The highest BCUT2D eigenvalue weighted by Gasteiger charge is 2.24. The first-order chi connectivity index (χ1) is 8.59. The minimum atomic E-state index is -0.0871. The lowest BCUT2D eigenvalue weighted by Gasteiger charge is -2.31. The molecular formula is C14H19ClN2O2. The normalized spacial score (nSPS) is 18.6. The summed E-state index contributed by atoms with van der Waals surface area (Å²) < 4.78 is 0. The number of nitrogens with two attached hydrogens (primary N) is 1. The molecule has 0 radical (unpaired) electrons. The molecule has 1 unspecified atom stereocenters. The Morgan fingerprint density at radius 1 is 1.26 bits per heavy atom. The predicted molar refractivity (Wildman–Crippen MR) is 76.8 cm³/mol. The molecule has 4 nitrogen and oxygen atoms in total. The number of ketones is 1. The fourth-order valence-corrected chi connectivity index (χ4v) is 2.34. The van der Waals surface area contributed by atoms with Crippen LogP contribution in [0.5, 0.6) is 0 Å². The molecule has 0 saturated carbocycles. The van der Waals surface area contributed by atoms with E-state index >= 15 is 0 Å². The van der Waals surface area contributed by atoms with E-state index in [1.165, 1.54) is 6.92 Å². The van der Waals surface area contributed by atoms with E-state index in [9.17, 15) is 9.59 Å². The van der Waals surface area contributed by atoms with Gasteiger partial charge in [0.15, 0.2) is 5.78 Å². The Morgan fingerprint density at radius 2 is 1.89 bits per heavy atom. The number of hydrogen-bond donors (Lipinski definition) is 1. The maximum absolute atomic E-state index is 12.4. The van der Waals surface area contributed by atoms with Gasteiger partial charge in [0.1, 0.15) is 0 Å². The lowest BCUT2D eigenvalue weighted by molar-refractivity contribution is 0.0705. The number of nitrogens with zero attached hydrogens (tertiary/aromatic N) is 1. The van der Waals surface area contributed by atoms with E-state index in [4.69, 9.17) is 5.73 Å². The van der Waals surface area contributed by atoms with Crippen LogP contribution in [-0.4, -0.2) is 35.7 Å². The van der Waals surface area contributed by atoms with Crippen LogP contribution < -0.4 is 5.73 Å². The minimum Gasteiger partial charge on any atom is -0.337 e. The molecule has 19 heavy (non-hydrogen) atoms. The van der Waals surface area contributed by atoms with E-state index < -0.39 is 0 Å². The van der Waals surface area contributed by atoms with Crippen molar-refractivity contribution in [2.24, 2.45) is 5.73 Å². The Bertz CT molecular complexity index is 476. The smallest absolute Gasteiger partial charge is 0.254 e.